The first-order valence-electron chi connectivity index (χ1n) is 6.82. The maximum atomic E-state index is 12.0. The molecule has 1 saturated heterocycles. The lowest BCUT2D eigenvalue weighted by atomic mass is 10.2. The van der Waals surface area contributed by atoms with Crippen LogP contribution in [0.15, 0.2) is 11.5 Å². The topological polar surface area (TPSA) is 77.7 Å². The molecule has 0 spiro atoms. The first kappa shape index (κ1) is 15.8. The summed E-state index contributed by atoms with van der Waals surface area (Å²) in [5.74, 6) is 0. The van der Waals surface area contributed by atoms with Crippen molar-refractivity contribution in [3.05, 3.63) is 17.2 Å². The smallest absolute Gasteiger partial charge is 0.410 e. The fourth-order valence-electron chi connectivity index (χ4n) is 1.87. The van der Waals surface area contributed by atoms with Gasteiger partial charge in [-0.2, -0.15) is 0 Å². The number of carbonyl (C=O) groups excluding carboxylic acids is 1. The van der Waals surface area contributed by atoms with E-state index in [1.165, 1.54) is 11.3 Å². The fourth-order valence-corrected chi connectivity index (χ4v) is 2.40. The molecule has 1 aliphatic rings. The quantitative estimate of drug-likeness (QED) is 0.907. The summed E-state index contributed by atoms with van der Waals surface area (Å²) < 4.78 is 11.0. The number of anilines is 1. The van der Waals surface area contributed by atoms with E-state index in [0.717, 1.165) is 5.69 Å². The number of rotatable bonds is 2. The number of morpholine rings is 1. The van der Waals surface area contributed by atoms with Gasteiger partial charge in [0.15, 0.2) is 5.13 Å². The van der Waals surface area contributed by atoms with Crippen molar-refractivity contribution in [1.29, 1.82) is 0 Å². The van der Waals surface area contributed by atoms with Crippen LogP contribution in [0, 0.1) is 0 Å². The predicted octanol–water partition coefficient (Wildman–Crippen LogP) is 2.37. The van der Waals surface area contributed by atoms with Crippen LogP contribution in [0.1, 0.15) is 26.5 Å². The number of thiazole rings is 1. The van der Waals surface area contributed by atoms with E-state index in [2.05, 4.69) is 4.98 Å². The van der Waals surface area contributed by atoms with Crippen LogP contribution in [0.3, 0.4) is 0 Å². The highest BCUT2D eigenvalue weighted by atomic mass is 32.1. The zero-order chi connectivity index (χ0) is 15.5. The first-order chi connectivity index (χ1) is 9.83. The van der Waals surface area contributed by atoms with E-state index in [-0.39, 0.29) is 12.2 Å². The van der Waals surface area contributed by atoms with Gasteiger partial charge in [0.1, 0.15) is 5.60 Å². The molecule has 7 heteroatoms. The summed E-state index contributed by atoms with van der Waals surface area (Å²) in [6, 6.07) is 0. The van der Waals surface area contributed by atoms with Crippen molar-refractivity contribution in [3.63, 3.8) is 0 Å². The molecule has 1 aliphatic heterocycles. The van der Waals surface area contributed by atoms with Crippen molar-refractivity contribution in [2.75, 3.05) is 25.4 Å². The summed E-state index contributed by atoms with van der Waals surface area (Å²) in [6.07, 6.45) is 3.29. The minimum Gasteiger partial charge on any atom is -0.444 e. The summed E-state index contributed by atoms with van der Waals surface area (Å²) >= 11 is 1.39. The zero-order valence-corrected chi connectivity index (χ0v) is 13.4. The van der Waals surface area contributed by atoms with Crippen molar-refractivity contribution in [2.24, 2.45) is 0 Å². The van der Waals surface area contributed by atoms with Crippen LogP contribution in [0.2, 0.25) is 0 Å². The average molecular weight is 311 g/mol. The third-order valence-corrected chi connectivity index (χ3v) is 3.46. The highest BCUT2D eigenvalue weighted by Crippen LogP contribution is 2.16. The third kappa shape index (κ3) is 5.02. The number of nitrogen functional groups attached to an aromatic ring is 1. The number of aromatic nitrogens is 1. The number of hydrogen-bond donors (Lipinski definition) is 1. The molecule has 21 heavy (non-hydrogen) atoms. The molecule has 1 aromatic rings. The Morgan fingerprint density at radius 1 is 1.62 bits per heavy atom. The van der Waals surface area contributed by atoms with Gasteiger partial charge >= 0.3 is 6.09 Å². The largest absolute Gasteiger partial charge is 0.444 e. The summed E-state index contributed by atoms with van der Waals surface area (Å²) in [5, 5.41) is 2.41. The van der Waals surface area contributed by atoms with Crippen molar-refractivity contribution in [2.45, 2.75) is 32.5 Å². The minimum atomic E-state index is -0.487. The lowest BCUT2D eigenvalue weighted by Crippen LogP contribution is -2.46. The second-order valence-corrected chi connectivity index (χ2v) is 6.70. The van der Waals surface area contributed by atoms with Gasteiger partial charge in [0, 0.05) is 11.9 Å². The molecule has 2 N–H and O–H groups in total. The van der Waals surface area contributed by atoms with E-state index in [4.69, 9.17) is 15.2 Å². The number of nitrogens with zero attached hydrogens (tertiary/aromatic N) is 2. The summed E-state index contributed by atoms with van der Waals surface area (Å²) in [7, 11) is 0. The van der Waals surface area contributed by atoms with Crippen molar-refractivity contribution in [1.82, 2.24) is 9.88 Å². The number of carbonyl (C=O) groups is 1. The highest BCUT2D eigenvalue weighted by molar-refractivity contribution is 7.13. The number of amides is 1. The lowest BCUT2D eigenvalue weighted by molar-refractivity contribution is -0.0261. The van der Waals surface area contributed by atoms with E-state index in [0.29, 0.717) is 24.8 Å². The molecule has 2 rings (SSSR count). The van der Waals surface area contributed by atoms with E-state index in [9.17, 15) is 4.79 Å². The van der Waals surface area contributed by atoms with Crippen molar-refractivity contribution >= 4 is 28.6 Å². The molecule has 0 bridgehead atoms. The molecule has 1 amide bonds. The van der Waals surface area contributed by atoms with Gasteiger partial charge in [0.25, 0.3) is 0 Å². The van der Waals surface area contributed by atoms with Gasteiger partial charge in [-0.1, -0.05) is 6.08 Å². The van der Waals surface area contributed by atoms with Gasteiger partial charge < -0.3 is 20.1 Å². The number of ether oxygens (including phenoxy) is 2. The molecule has 0 saturated carbocycles. The molecule has 0 aliphatic carbocycles. The SMILES string of the molecule is CC(C)(C)OC(=O)N1CCOC(/C=C/c2csc(N)n2)C1. The Kier molecular flexibility index (Phi) is 4.84. The molecule has 2 heterocycles. The van der Waals surface area contributed by atoms with Crippen molar-refractivity contribution < 1.29 is 14.3 Å². The van der Waals surface area contributed by atoms with E-state index >= 15 is 0 Å². The average Bonchev–Trinajstić information content (AvgIpc) is 2.81. The van der Waals surface area contributed by atoms with Crippen molar-refractivity contribution in [3.8, 4) is 0 Å². The molecule has 1 unspecified atom stereocenters. The Labute approximate surface area is 128 Å². The molecule has 116 valence electrons. The number of hydrogen-bond acceptors (Lipinski definition) is 6. The van der Waals surface area contributed by atoms with Gasteiger partial charge in [-0.15, -0.1) is 11.3 Å². The summed E-state index contributed by atoms with van der Waals surface area (Å²) in [4.78, 5) is 17.8. The fraction of sp³-hybridized carbons (Fsp3) is 0.571. The molecule has 1 atom stereocenters. The van der Waals surface area contributed by atoms with Crippen LogP contribution in [-0.4, -0.2) is 47.4 Å². The third-order valence-electron chi connectivity index (χ3n) is 2.77. The maximum Gasteiger partial charge on any atom is 0.410 e. The predicted molar refractivity (Wildman–Crippen MR) is 83.1 cm³/mol. The van der Waals surface area contributed by atoms with E-state index in [1.54, 1.807) is 4.90 Å². The molecule has 0 radical (unpaired) electrons. The molecular weight excluding hydrogens is 290 g/mol. The molecule has 0 aromatic carbocycles. The summed E-state index contributed by atoms with van der Waals surface area (Å²) in [6.45, 7) is 7.08. The van der Waals surface area contributed by atoms with Crippen LogP contribution in [0.5, 0.6) is 0 Å². The molecule has 6 nitrogen and oxygen atoms in total. The second-order valence-electron chi connectivity index (χ2n) is 5.81. The Bertz CT molecular complexity index is 522. The van der Waals surface area contributed by atoms with Crippen LogP contribution < -0.4 is 5.73 Å². The van der Waals surface area contributed by atoms with Gasteiger partial charge in [0.2, 0.25) is 0 Å². The van der Waals surface area contributed by atoms with Gasteiger partial charge in [-0.25, -0.2) is 9.78 Å². The normalized spacial score (nSPS) is 20.0. The molecule has 1 aromatic heterocycles. The van der Waals surface area contributed by atoms with Crippen LogP contribution >= 0.6 is 11.3 Å². The second kappa shape index (κ2) is 6.44. The van der Waals surface area contributed by atoms with Crippen LogP contribution in [0.25, 0.3) is 6.08 Å². The molecule has 1 fully saturated rings. The van der Waals surface area contributed by atoms with Crippen LogP contribution in [-0.2, 0) is 9.47 Å². The standard InChI is InChI=1S/C14H21N3O3S/c1-14(2,3)20-13(18)17-6-7-19-11(8-17)5-4-10-9-21-12(15)16-10/h4-5,9,11H,6-8H2,1-3H3,(H2,15,16)/b5-4+. The monoisotopic (exact) mass is 311 g/mol. The van der Waals surface area contributed by atoms with Gasteiger partial charge in [-0.3, -0.25) is 0 Å². The Hall–Kier alpha value is -1.60. The van der Waals surface area contributed by atoms with Gasteiger partial charge in [-0.05, 0) is 26.8 Å². The van der Waals surface area contributed by atoms with E-state index < -0.39 is 5.60 Å². The lowest BCUT2D eigenvalue weighted by Gasteiger charge is -2.33. The zero-order valence-electron chi connectivity index (χ0n) is 12.5. The Morgan fingerprint density at radius 2 is 2.38 bits per heavy atom. The molecular formula is C14H21N3O3S. The maximum absolute atomic E-state index is 12.0. The number of nitrogens with two attached hydrogens (primary N) is 1. The van der Waals surface area contributed by atoms with Gasteiger partial charge in [0.05, 0.1) is 24.9 Å². The minimum absolute atomic E-state index is 0.158. The van der Waals surface area contributed by atoms with Crippen LogP contribution in [0.4, 0.5) is 9.93 Å². The first-order valence-corrected chi connectivity index (χ1v) is 7.70. The Morgan fingerprint density at radius 3 is 3.00 bits per heavy atom. The van der Waals surface area contributed by atoms with E-state index in [1.807, 2.05) is 38.3 Å². The Balaban J connectivity index is 1.91. The highest BCUT2D eigenvalue weighted by Gasteiger charge is 2.26. The summed E-state index contributed by atoms with van der Waals surface area (Å²) in [5.41, 5.74) is 5.89.